The number of aliphatic imine (C=N–C) groups is 1. The van der Waals surface area contributed by atoms with Crippen LogP contribution in [-0.2, 0) is 17.6 Å². The first-order valence-electron chi connectivity index (χ1n) is 10.9. The molecule has 3 aromatic carbocycles. The van der Waals surface area contributed by atoms with Gasteiger partial charge in [-0.05, 0) is 28.5 Å². The van der Waals surface area contributed by atoms with Crippen LogP contribution in [-0.4, -0.2) is 27.6 Å². The van der Waals surface area contributed by atoms with Crippen molar-refractivity contribution in [3.05, 3.63) is 95.6 Å². The molecule has 4 heteroatoms. The van der Waals surface area contributed by atoms with E-state index in [-0.39, 0.29) is 12.3 Å². The smallest absolute Gasteiger partial charge is 0.158 e. The van der Waals surface area contributed by atoms with Crippen molar-refractivity contribution in [2.45, 2.75) is 33.6 Å². The maximum Gasteiger partial charge on any atom is 0.158 e. The van der Waals surface area contributed by atoms with Crippen LogP contribution in [0.15, 0.2) is 78.0 Å². The number of nitrogens with zero attached hydrogens (tertiary/aromatic N) is 3. The number of Topliss-reactive ketones (excluding diaryl/α,β-unsaturated/α-hetero) is 1. The van der Waals surface area contributed by atoms with E-state index in [1.165, 1.54) is 0 Å². The molecule has 0 atom stereocenters. The number of imidazole rings is 1. The Kier molecular flexibility index (Phi) is 6.08. The first kappa shape index (κ1) is 20.7. The molecule has 4 aromatic rings. The second kappa shape index (κ2) is 9.09. The number of carbonyl (C=O) groups is 1. The molecule has 0 spiro atoms. The summed E-state index contributed by atoms with van der Waals surface area (Å²) in [6, 6.07) is 20.8. The second-order valence-corrected chi connectivity index (χ2v) is 7.31. The van der Waals surface area contributed by atoms with E-state index in [1.807, 2.05) is 38.4 Å². The van der Waals surface area contributed by atoms with Crippen LogP contribution in [0.3, 0.4) is 0 Å². The third-order valence-corrected chi connectivity index (χ3v) is 5.54. The van der Waals surface area contributed by atoms with Gasteiger partial charge in [0.05, 0.1) is 12.3 Å². The molecule has 4 nitrogen and oxygen atoms in total. The number of ketones is 1. The van der Waals surface area contributed by atoms with Crippen LogP contribution in [0.2, 0.25) is 0 Å². The van der Waals surface area contributed by atoms with E-state index in [0.29, 0.717) is 6.42 Å². The molecule has 0 unspecified atom stereocenters. The summed E-state index contributed by atoms with van der Waals surface area (Å²) in [4.78, 5) is 21.5. The average molecular weight is 410 g/mol. The molecule has 1 aromatic heterocycles. The third kappa shape index (κ3) is 3.93. The molecule has 31 heavy (non-hydrogen) atoms. The Morgan fingerprint density at radius 3 is 2.52 bits per heavy atom. The van der Waals surface area contributed by atoms with Gasteiger partial charge >= 0.3 is 0 Å². The van der Waals surface area contributed by atoms with E-state index >= 15 is 0 Å². The van der Waals surface area contributed by atoms with Crippen LogP contribution >= 0.6 is 0 Å². The zero-order valence-corrected chi connectivity index (χ0v) is 18.3. The van der Waals surface area contributed by atoms with Crippen molar-refractivity contribution in [2.75, 3.05) is 6.54 Å². The molecule has 0 radical (unpaired) electrons. The van der Waals surface area contributed by atoms with E-state index in [1.54, 1.807) is 0 Å². The average Bonchev–Trinajstić information content (AvgIpc) is 3.24. The predicted octanol–water partition coefficient (Wildman–Crippen LogP) is 5.58. The molecule has 0 saturated carbocycles. The molecule has 2 heterocycles. The van der Waals surface area contributed by atoms with E-state index in [0.717, 1.165) is 51.1 Å². The van der Waals surface area contributed by atoms with E-state index < -0.39 is 0 Å². The Bertz CT molecular complexity index is 1250. The third-order valence-electron chi connectivity index (χ3n) is 5.54. The number of aromatic nitrogens is 2. The summed E-state index contributed by atoms with van der Waals surface area (Å²) < 4.78 is 2.10. The van der Waals surface area contributed by atoms with Gasteiger partial charge in [-0.1, -0.05) is 69.3 Å². The summed E-state index contributed by atoms with van der Waals surface area (Å²) in [6.07, 6.45) is 5.12. The number of benzene rings is 3. The summed E-state index contributed by atoms with van der Waals surface area (Å²) in [6.45, 7) is 6.33. The van der Waals surface area contributed by atoms with Crippen molar-refractivity contribution in [1.29, 1.82) is 0 Å². The summed E-state index contributed by atoms with van der Waals surface area (Å²) >= 11 is 0. The van der Waals surface area contributed by atoms with Crippen molar-refractivity contribution < 1.29 is 4.79 Å². The lowest BCUT2D eigenvalue weighted by molar-refractivity contribution is -0.117. The molecule has 0 saturated heterocycles. The fourth-order valence-electron chi connectivity index (χ4n) is 4.11. The van der Waals surface area contributed by atoms with Crippen LogP contribution in [0.4, 0.5) is 0 Å². The zero-order valence-electron chi connectivity index (χ0n) is 18.3. The lowest BCUT2D eigenvalue weighted by Gasteiger charge is -2.13. The van der Waals surface area contributed by atoms with Gasteiger partial charge in [0.15, 0.2) is 5.78 Å². The number of carbonyl (C=O) groups excluding carboxylic acids is 1. The van der Waals surface area contributed by atoms with Gasteiger partial charge in [0, 0.05) is 42.0 Å². The molecule has 0 N–H and O–H groups in total. The van der Waals surface area contributed by atoms with Gasteiger partial charge in [0.25, 0.3) is 0 Å². The quantitative estimate of drug-likeness (QED) is 0.444. The van der Waals surface area contributed by atoms with E-state index in [9.17, 15) is 4.79 Å². The fourth-order valence-corrected chi connectivity index (χ4v) is 4.11. The first-order chi connectivity index (χ1) is 15.2. The van der Waals surface area contributed by atoms with Gasteiger partial charge in [0.1, 0.15) is 5.82 Å². The van der Waals surface area contributed by atoms with Crippen LogP contribution in [0.1, 0.15) is 43.3 Å². The highest BCUT2D eigenvalue weighted by Gasteiger charge is 2.20. The van der Waals surface area contributed by atoms with E-state index in [2.05, 4.69) is 65.0 Å². The topological polar surface area (TPSA) is 47.2 Å². The van der Waals surface area contributed by atoms with Crippen molar-refractivity contribution in [3.63, 3.8) is 0 Å². The summed E-state index contributed by atoms with van der Waals surface area (Å²) in [5.74, 6) is 1.19. The molecular formula is C27H27N3O. The van der Waals surface area contributed by atoms with Gasteiger partial charge in [-0.25, -0.2) is 4.98 Å². The van der Waals surface area contributed by atoms with Crippen LogP contribution in [0.25, 0.3) is 16.5 Å². The van der Waals surface area contributed by atoms with Crippen LogP contribution in [0.5, 0.6) is 0 Å². The standard InChI is InChI=1S/C25H21N3O.C2H6/c1-2-24-26-13-14-28(24)19-10-7-18(8-11-19)25-22-12-9-17-5-3-4-6-21(17)23(22)15-20(29)16-27-25;1-2/h3-14H,2,15-16H2,1H3;1-2H3. The minimum atomic E-state index is 0.153. The van der Waals surface area contributed by atoms with Crippen LogP contribution in [0, 0.1) is 0 Å². The van der Waals surface area contributed by atoms with Gasteiger partial charge in [-0.3, -0.25) is 9.79 Å². The highest BCUT2D eigenvalue weighted by molar-refractivity contribution is 6.17. The lowest BCUT2D eigenvalue weighted by Crippen LogP contribution is -2.07. The second-order valence-electron chi connectivity index (χ2n) is 7.31. The van der Waals surface area contributed by atoms with Gasteiger partial charge in [-0.15, -0.1) is 0 Å². The summed E-state index contributed by atoms with van der Waals surface area (Å²) in [5.41, 5.74) is 5.13. The molecule has 156 valence electrons. The number of rotatable bonds is 3. The molecule has 1 aliphatic heterocycles. The predicted molar refractivity (Wildman–Crippen MR) is 127 cm³/mol. The van der Waals surface area contributed by atoms with Crippen molar-refractivity contribution in [2.24, 2.45) is 4.99 Å². The van der Waals surface area contributed by atoms with Crippen molar-refractivity contribution in [3.8, 4) is 5.69 Å². The minimum Gasteiger partial charge on any atom is -0.304 e. The summed E-state index contributed by atoms with van der Waals surface area (Å²) in [7, 11) is 0. The number of aryl methyl sites for hydroxylation is 1. The Morgan fingerprint density at radius 2 is 1.74 bits per heavy atom. The maximum atomic E-state index is 12.4. The Balaban J connectivity index is 0.00000112. The van der Waals surface area contributed by atoms with Crippen molar-refractivity contribution >= 4 is 22.3 Å². The molecule has 0 fully saturated rings. The molecule has 0 aliphatic carbocycles. The fraction of sp³-hybridized carbons (Fsp3) is 0.222. The van der Waals surface area contributed by atoms with Crippen LogP contribution < -0.4 is 0 Å². The van der Waals surface area contributed by atoms with Gasteiger partial charge in [-0.2, -0.15) is 0 Å². The Hall–Kier alpha value is -3.53. The number of hydrogen-bond donors (Lipinski definition) is 0. The van der Waals surface area contributed by atoms with E-state index in [4.69, 9.17) is 4.99 Å². The van der Waals surface area contributed by atoms with Crippen molar-refractivity contribution in [1.82, 2.24) is 9.55 Å². The molecule has 1 aliphatic rings. The number of fused-ring (bicyclic) bond motifs is 3. The monoisotopic (exact) mass is 409 g/mol. The minimum absolute atomic E-state index is 0.153. The van der Waals surface area contributed by atoms with Gasteiger partial charge < -0.3 is 4.57 Å². The molecule has 5 rings (SSSR count). The Labute approximate surface area is 183 Å². The maximum absolute atomic E-state index is 12.4. The largest absolute Gasteiger partial charge is 0.304 e. The highest BCUT2D eigenvalue weighted by atomic mass is 16.1. The summed E-state index contributed by atoms with van der Waals surface area (Å²) in [5, 5.41) is 2.29. The first-order valence-corrected chi connectivity index (χ1v) is 10.9. The lowest BCUT2D eigenvalue weighted by atomic mass is 9.91. The SMILES string of the molecule is CC.CCc1nccn1-c1ccc(C2=NCC(=O)Cc3c2ccc2ccccc32)cc1. The van der Waals surface area contributed by atoms with Gasteiger partial charge in [0.2, 0.25) is 0 Å². The highest BCUT2D eigenvalue weighted by Crippen LogP contribution is 2.28. The Morgan fingerprint density at radius 1 is 0.968 bits per heavy atom. The molecule has 0 bridgehead atoms. The zero-order chi connectivity index (χ0) is 21.8. The number of hydrogen-bond acceptors (Lipinski definition) is 3. The normalized spacial score (nSPS) is 13.1. The molecular weight excluding hydrogens is 382 g/mol. The molecule has 0 amide bonds.